The molecule has 21 heavy (non-hydrogen) atoms. The number of carbonyl (C=O) groups is 2. The number of amides is 1. The van der Waals surface area contributed by atoms with E-state index in [1.54, 1.807) is 0 Å². The molecule has 0 aliphatic heterocycles. The smallest absolute Gasteiger partial charge is 0.412 e. The lowest BCUT2D eigenvalue weighted by atomic mass is 10.2. The van der Waals surface area contributed by atoms with E-state index in [0.29, 0.717) is 4.47 Å². The lowest BCUT2D eigenvalue weighted by Crippen LogP contribution is -2.16. The molecule has 2 rings (SSSR count). The maximum absolute atomic E-state index is 11.7. The fraction of sp³-hybridized carbons (Fsp3) is 0.0714. The number of aromatic nitrogens is 1. The van der Waals surface area contributed by atoms with Crippen LogP contribution in [-0.2, 0) is 11.3 Å². The third-order valence-electron chi connectivity index (χ3n) is 2.57. The summed E-state index contributed by atoms with van der Waals surface area (Å²) in [6.07, 6.45) is 1.80. The molecule has 0 saturated carbocycles. The maximum Gasteiger partial charge on any atom is 0.412 e. The van der Waals surface area contributed by atoms with Crippen LogP contribution in [0.25, 0.3) is 0 Å². The van der Waals surface area contributed by atoms with E-state index in [9.17, 15) is 9.59 Å². The van der Waals surface area contributed by atoms with Gasteiger partial charge >= 0.3 is 12.1 Å². The number of hydrogen-bond donors (Lipinski definition) is 2. The number of halogens is 1. The van der Waals surface area contributed by atoms with Crippen LogP contribution in [0, 0.1) is 0 Å². The second-order valence-corrected chi connectivity index (χ2v) is 4.89. The summed E-state index contributed by atoms with van der Waals surface area (Å²) in [5.74, 6) is -1.19. The number of benzene rings is 1. The Morgan fingerprint density at radius 3 is 2.62 bits per heavy atom. The van der Waals surface area contributed by atoms with E-state index in [2.05, 4.69) is 26.2 Å². The van der Waals surface area contributed by atoms with Crippen molar-refractivity contribution in [2.75, 3.05) is 5.32 Å². The molecule has 0 bridgehead atoms. The highest BCUT2D eigenvalue weighted by Crippen LogP contribution is 2.25. The molecule has 0 aliphatic carbocycles. The Hall–Kier alpha value is -2.41. The number of nitrogens with one attached hydrogen (secondary N) is 1. The number of ether oxygens (including phenoxy) is 1. The molecule has 0 radical (unpaired) electrons. The van der Waals surface area contributed by atoms with Crippen molar-refractivity contribution in [3.8, 4) is 0 Å². The first kappa shape index (κ1) is 15.0. The van der Waals surface area contributed by atoms with Gasteiger partial charge in [-0.3, -0.25) is 10.3 Å². The van der Waals surface area contributed by atoms with Crippen molar-refractivity contribution in [2.24, 2.45) is 0 Å². The summed E-state index contributed by atoms with van der Waals surface area (Å²) in [5, 5.41) is 11.5. The van der Waals surface area contributed by atoms with Crippen molar-refractivity contribution in [2.45, 2.75) is 6.61 Å². The first-order valence-electron chi connectivity index (χ1n) is 5.92. The number of aromatic carboxylic acids is 1. The van der Waals surface area contributed by atoms with E-state index in [1.807, 2.05) is 30.3 Å². The van der Waals surface area contributed by atoms with Crippen LogP contribution in [0.15, 0.2) is 47.2 Å². The van der Waals surface area contributed by atoms with E-state index in [4.69, 9.17) is 9.84 Å². The second-order valence-electron chi connectivity index (χ2n) is 4.04. The molecular formula is C14H11BrN2O4. The number of carboxylic acids is 1. The van der Waals surface area contributed by atoms with Crippen molar-refractivity contribution >= 4 is 33.7 Å². The lowest BCUT2D eigenvalue weighted by Gasteiger charge is -2.10. The average Bonchev–Trinajstić information content (AvgIpc) is 2.48. The summed E-state index contributed by atoms with van der Waals surface area (Å²) >= 11 is 3.14. The Labute approximate surface area is 128 Å². The summed E-state index contributed by atoms with van der Waals surface area (Å²) in [4.78, 5) is 26.6. The molecule has 2 N–H and O–H groups in total. The van der Waals surface area contributed by atoms with Crippen molar-refractivity contribution in [1.29, 1.82) is 0 Å². The van der Waals surface area contributed by atoms with Gasteiger partial charge in [-0.2, -0.15) is 0 Å². The summed E-state index contributed by atoms with van der Waals surface area (Å²) in [7, 11) is 0. The van der Waals surface area contributed by atoms with Crippen molar-refractivity contribution < 1.29 is 19.4 Å². The van der Waals surface area contributed by atoms with Gasteiger partial charge in [0.25, 0.3) is 0 Å². The lowest BCUT2D eigenvalue weighted by molar-refractivity contribution is 0.0697. The van der Waals surface area contributed by atoms with Gasteiger partial charge in [-0.05, 0) is 21.5 Å². The molecule has 0 unspecified atom stereocenters. The zero-order valence-electron chi connectivity index (χ0n) is 10.7. The Balaban J connectivity index is 2.05. The van der Waals surface area contributed by atoms with Crippen molar-refractivity contribution in [1.82, 2.24) is 4.98 Å². The number of nitrogens with zero attached hydrogens (tertiary/aromatic N) is 1. The first-order chi connectivity index (χ1) is 10.1. The predicted octanol–water partition coefficient (Wildman–Crippen LogP) is 3.29. The van der Waals surface area contributed by atoms with Crippen molar-refractivity contribution in [3.63, 3.8) is 0 Å². The van der Waals surface area contributed by atoms with Crippen LogP contribution >= 0.6 is 15.9 Å². The van der Waals surface area contributed by atoms with Crippen molar-refractivity contribution in [3.05, 3.63) is 58.3 Å². The monoisotopic (exact) mass is 350 g/mol. The van der Waals surface area contributed by atoms with Gasteiger partial charge < -0.3 is 9.84 Å². The minimum absolute atomic E-state index is 0.0950. The number of pyridine rings is 1. The molecule has 0 aliphatic rings. The van der Waals surface area contributed by atoms with Crippen LogP contribution in [0.2, 0.25) is 0 Å². The quantitative estimate of drug-likeness (QED) is 0.882. The average molecular weight is 351 g/mol. The van der Waals surface area contributed by atoms with Gasteiger partial charge in [-0.25, -0.2) is 9.59 Å². The summed E-state index contributed by atoms with van der Waals surface area (Å²) < 4.78 is 5.40. The number of hydrogen-bond acceptors (Lipinski definition) is 4. The van der Waals surface area contributed by atoms with Crippen LogP contribution in [0.1, 0.15) is 15.9 Å². The number of carboxylic acid groups (broad SMARTS) is 1. The second kappa shape index (κ2) is 6.85. The Morgan fingerprint density at radius 1 is 1.24 bits per heavy atom. The van der Waals surface area contributed by atoms with E-state index < -0.39 is 12.1 Å². The molecule has 0 atom stereocenters. The molecule has 1 heterocycles. The van der Waals surface area contributed by atoms with Gasteiger partial charge in [-0.1, -0.05) is 30.3 Å². The molecule has 0 spiro atoms. The molecule has 0 fully saturated rings. The molecule has 1 aromatic heterocycles. The van der Waals surface area contributed by atoms with E-state index in [0.717, 1.165) is 11.8 Å². The Morgan fingerprint density at radius 2 is 1.95 bits per heavy atom. The maximum atomic E-state index is 11.7. The van der Waals surface area contributed by atoms with Crippen LogP contribution < -0.4 is 5.32 Å². The van der Waals surface area contributed by atoms with E-state index >= 15 is 0 Å². The topological polar surface area (TPSA) is 88.5 Å². The zero-order valence-corrected chi connectivity index (χ0v) is 12.3. The minimum Gasteiger partial charge on any atom is -0.478 e. The molecule has 7 heteroatoms. The van der Waals surface area contributed by atoms with Crippen LogP contribution in [-0.4, -0.2) is 22.2 Å². The first-order valence-corrected chi connectivity index (χ1v) is 6.71. The fourth-order valence-electron chi connectivity index (χ4n) is 1.59. The Kier molecular flexibility index (Phi) is 4.89. The minimum atomic E-state index is -1.19. The SMILES string of the molecule is O=C(Nc1c(Br)cncc1C(=O)O)OCc1ccccc1. The fourth-order valence-corrected chi connectivity index (χ4v) is 2.02. The van der Waals surface area contributed by atoms with E-state index in [1.165, 1.54) is 6.20 Å². The highest BCUT2D eigenvalue weighted by Gasteiger charge is 2.16. The molecule has 1 aromatic carbocycles. The number of anilines is 1. The van der Waals surface area contributed by atoms with Crippen LogP contribution in [0.3, 0.4) is 0 Å². The highest BCUT2D eigenvalue weighted by molar-refractivity contribution is 9.10. The largest absolute Gasteiger partial charge is 0.478 e. The molecular weight excluding hydrogens is 340 g/mol. The van der Waals surface area contributed by atoms with Gasteiger partial charge in [0.05, 0.1) is 10.2 Å². The number of rotatable bonds is 4. The predicted molar refractivity (Wildman–Crippen MR) is 79.1 cm³/mol. The normalized spacial score (nSPS) is 9.95. The summed E-state index contributed by atoms with van der Waals surface area (Å²) in [6.45, 7) is 0.0950. The molecule has 0 saturated heterocycles. The third kappa shape index (κ3) is 4.03. The molecule has 2 aromatic rings. The number of carbonyl (C=O) groups excluding carboxylic acids is 1. The molecule has 108 valence electrons. The van der Waals surface area contributed by atoms with Crippen LogP contribution in [0.4, 0.5) is 10.5 Å². The summed E-state index contributed by atoms with van der Waals surface area (Å²) in [5.41, 5.74) is 0.816. The van der Waals surface area contributed by atoms with Gasteiger partial charge in [0.2, 0.25) is 0 Å². The van der Waals surface area contributed by atoms with Gasteiger partial charge in [0.15, 0.2) is 0 Å². The zero-order chi connectivity index (χ0) is 15.2. The standard InChI is InChI=1S/C14H11BrN2O4/c15-11-7-16-6-10(13(18)19)12(11)17-14(20)21-8-9-4-2-1-3-5-9/h1-7H,8H2,(H,18,19)(H,16,17,20). The van der Waals surface area contributed by atoms with Gasteiger partial charge in [0, 0.05) is 12.4 Å². The third-order valence-corrected chi connectivity index (χ3v) is 3.17. The highest BCUT2D eigenvalue weighted by atomic mass is 79.9. The van der Waals surface area contributed by atoms with Gasteiger partial charge in [0.1, 0.15) is 12.2 Å². The van der Waals surface area contributed by atoms with Crippen LogP contribution in [0.5, 0.6) is 0 Å². The van der Waals surface area contributed by atoms with E-state index in [-0.39, 0.29) is 17.9 Å². The Bertz CT molecular complexity index is 661. The summed E-state index contributed by atoms with van der Waals surface area (Å²) in [6, 6.07) is 9.16. The molecule has 6 nitrogen and oxygen atoms in total. The van der Waals surface area contributed by atoms with Gasteiger partial charge in [-0.15, -0.1) is 0 Å². The molecule has 1 amide bonds.